The van der Waals surface area contributed by atoms with E-state index in [1.165, 1.54) is 14.2 Å². The summed E-state index contributed by atoms with van der Waals surface area (Å²) >= 11 is 0. The minimum Gasteiger partial charge on any atom is -0.468 e. The number of hydrogen-bond donors (Lipinski definition) is 0. The first kappa shape index (κ1) is 14.8. The molecule has 0 fully saturated rings. The van der Waals surface area contributed by atoms with Crippen molar-refractivity contribution in [2.45, 2.75) is 12.8 Å². The first-order valence-corrected chi connectivity index (χ1v) is 5.76. The van der Waals surface area contributed by atoms with Crippen LogP contribution in [0.15, 0.2) is 36.0 Å². The van der Waals surface area contributed by atoms with Crippen LogP contribution in [0.5, 0.6) is 0 Å². The van der Waals surface area contributed by atoms with Gasteiger partial charge in [0, 0.05) is 6.42 Å². The van der Waals surface area contributed by atoms with Crippen LogP contribution in [0, 0.1) is 17.8 Å². The second-order valence-electron chi connectivity index (χ2n) is 3.98. The molecule has 100 valence electrons. The van der Waals surface area contributed by atoms with Crippen molar-refractivity contribution in [2.75, 3.05) is 14.2 Å². The van der Waals surface area contributed by atoms with Crippen LogP contribution in [0.4, 0.5) is 0 Å². The van der Waals surface area contributed by atoms with E-state index in [-0.39, 0.29) is 6.42 Å². The lowest BCUT2D eigenvalue weighted by molar-refractivity contribution is -0.165. The molecule has 0 unspecified atom stereocenters. The highest BCUT2D eigenvalue weighted by Crippen LogP contribution is 2.37. The van der Waals surface area contributed by atoms with Crippen LogP contribution < -0.4 is 0 Å². The normalized spacial score (nSPS) is 14.1. The topological polar surface area (TPSA) is 52.6 Å². The molecule has 0 aromatic rings. The van der Waals surface area contributed by atoms with Crippen LogP contribution >= 0.6 is 0 Å². The summed E-state index contributed by atoms with van der Waals surface area (Å²) in [6.07, 6.45) is 14.6. The van der Waals surface area contributed by atoms with Gasteiger partial charge in [-0.15, -0.1) is 12.3 Å². The fourth-order valence-electron chi connectivity index (χ4n) is 2.00. The standard InChI is InChI=1S/C15H16O4/c1-4-11-15(13(16)18-2,14(17)19-3)12-9-7-5-6-8-10-12/h1,5-9H,10-11H2,2-3H3. The molecule has 1 rings (SSSR count). The van der Waals surface area contributed by atoms with Gasteiger partial charge in [0.1, 0.15) is 0 Å². The Hall–Kier alpha value is -2.28. The Morgan fingerprint density at radius 2 is 1.89 bits per heavy atom. The molecule has 4 heteroatoms. The van der Waals surface area contributed by atoms with Crippen molar-refractivity contribution in [2.24, 2.45) is 5.41 Å². The molecule has 1 aliphatic carbocycles. The molecule has 0 radical (unpaired) electrons. The minimum absolute atomic E-state index is 0.0974. The molecule has 19 heavy (non-hydrogen) atoms. The lowest BCUT2D eigenvalue weighted by Gasteiger charge is -2.28. The van der Waals surface area contributed by atoms with E-state index in [0.29, 0.717) is 12.0 Å². The first-order valence-electron chi connectivity index (χ1n) is 5.76. The predicted molar refractivity (Wildman–Crippen MR) is 70.9 cm³/mol. The first-order chi connectivity index (χ1) is 9.13. The molecular formula is C15H16O4. The van der Waals surface area contributed by atoms with Crippen molar-refractivity contribution in [3.8, 4) is 12.3 Å². The van der Waals surface area contributed by atoms with Crippen molar-refractivity contribution in [1.29, 1.82) is 0 Å². The summed E-state index contributed by atoms with van der Waals surface area (Å²) < 4.78 is 9.52. The van der Waals surface area contributed by atoms with E-state index in [0.717, 1.165) is 0 Å². The fourth-order valence-corrected chi connectivity index (χ4v) is 2.00. The molecule has 0 aliphatic heterocycles. The fraction of sp³-hybridized carbons (Fsp3) is 0.333. The van der Waals surface area contributed by atoms with Gasteiger partial charge in [0.25, 0.3) is 0 Å². The summed E-state index contributed by atoms with van der Waals surface area (Å²) in [6.45, 7) is 0. The van der Waals surface area contributed by atoms with Gasteiger partial charge >= 0.3 is 11.9 Å². The highest BCUT2D eigenvalue weighted by Gasteiger charge is 2.50. The average molecular weight is 260 g/mol. The quantitative estimate of drug-likeness (QED) is 0.439. The summed E-state index contributed by atoms with van der Waals surface area (Å²) in [7, 11) is 2.44. The molecule has 0 bridgehead atoms. The number of carbonyl (C=O) groups excluding carboxylic acids is 2. The van der Waals surface area contributed by atoms with Gasteiger partial charge in [-0.05, 0) is 12.0 Å². The van der Waals surface area contributed by atoms with E-state index >= 15 is 0 Å². The molecule has 0 saturated heterocycles. The minimum atomic E-state index is -1.57. The maximum atomic E-state index is 12.1. The monoisotopic (exact) mass is 260 g/mol. The smallest absolute Gasteiger partial charge is 0.328 e. The van der Waals surface area contributed by atoms with Crippen molar-refractivity contribution in [3.05, 3.63) is 36.0 Å². The zero-order valence-corrected chi connectivity index (χ0v) is 11.0. The highest BCUT2D eigenvalue weighted by molar-refractivity contribution is 6.04. The van der Waals surface area contributed by atoms with Crippen molar-refractivity contribution in [1.82, 2.24) is 0 Å². The summed E-state index contributed by atoms with van der Waals surface area (Å²) in [4.78, 5) is 24.3. The number of esters is 2. The predicted octanol–water partition coefficient (Wildman–Crippen LogP) is 1.78. The SMILES string of the molecule is C#CCC(C(=O)OC)(C(=O)OC)C1=CC=CC=CC1. The Kier molecular flexibility index (Phi) is 5.13. The van der Waals surface area contributed by atoms with Crippen LogP contribution in [-0.2, 0) is 19.1 Å². The van der Waals surface area contributed by atoms with Gasteiger partial charge in [-0.3, -0.25) is 9.59 Å². The lowest BCUT2D eigenvalue weighted by Crippen LogP contribution is -2.42. The van der Waals surface area contributed by atoms with Crippen LogP contribution in [0.2, 0.25) is 0 Å². The van der Waals surface area contributed by atoms with Gasteiger partial charge < -0.3 is 9.47 Å². The van der Waals surface area contributed by atoms with Crippen molar-refractivity contribution in [3.63, 3.8) is 0 Å². The zero-order valence-electron chi connectivity index (χ0n) is 11.0. The van der Waals surface area contributed by atoms with Crippen LogP contribution in [0.3, 0.4) is 0 Å². The Balaban J connectivity index is 3.38. The molecule has 0 aromatic carbocycles. The van der Waals surface area contributed by atoms with Gasteiger partial charge in [0.05, 0.1) is 14.2 Å². The summed E-state index contributed by atoms with van der Waals surface area (Å²) in [5, 5.41) is 0. The number of terminal acetylenes is 1. The number of methoxy groups -OCH3 is 2. The average Bonchev–Trinajstić information content (AvgIpc) is 2.72. The maximum absolute atomic E-state index is 12.1. The summed E-state index contributed by atoms with van der Waals surface area (Å²) in [6, 6.07) is 0. The molecule has 0 atom stereocenters. The van der Waals surface area contributed by atoms with E-state index in [2.05, 4.69) is 5.92 Å². The van der Waals surface area contributed by atoms with E-state index in [9.17, 15) is 9.59 Å². The molecule has 0 heterocycles. The number of rotatable bonds is 4. The molecule has 0 N–H and O–H groups in total. The molecule has 0 saturated carbocycles. The number of carbonyl (C=O) groups is 2. The van der Waals surface area contributed by atoms with Gasteiger partial charge in [-0.2, -0.15) is 0 Å². The molecule has 1 aliphatic rings. The summed E-state index contributed by atoms with van der Waals surface area (Å²) in [5.41, 5.74) is -1.01. The second kappa shape index (κ2) is 6.60. The summed E-state index contributed by atoms with van der Waals surface area (Å²) in [5.74, 6) is 0.963. The third kappa shape index (κ3) is 2.76. The number of ether oxygens (including phenoxy) is 2. The van der Waals surface area contributed by atoms with E-state index < -0.39 is 17.4 Å². The number of allylic oxidation sites excluding steroid dienone is 5. The second-order valence-corrected chi connectivity index (χ2v) is 3.98. The van der Waals surface area contributed by atoms with Crippen molar-refractivity contribution < 1.29 is 19.1 Å². The van der Waals surface area contributed by atoms with Gasteiger partial charge in [-0.25, -0.2) is 0 Å². The Morgan fingerprint density at radius 3 is 2.42 bits per heavy atom. The molecule has 0 aromatic heterocycles. The van der Waals surface area contributed by atoms with Gasteiger partial charge in [0.2, 0.25) is 0 Å². The van der Waals surface area contributed by atoms with E-state index in [1.54, 1.807) is 12.2 Å². The molecule has 0 spiro atoms. The van der Waals surface area contributed by atoms with Gasteiger partial charge in [0.15, 0.2) is 5.41 Å². The molecule has 4 nitrogen and oxygen atoms in total. The van der Waals surface area contributed by atoms with Crippen LogP contribution in [0.1, 0.15) is 12.8 Å². The maximum Gasteiger partial charge on any atom is 0.328 e. The van der Waals surface area contributed by atoms with Crippen molar-refractivity contribution >= 4 is 11.9 Å². The molecular weight excluding hydrogens is 244 g/mol. The largest absolute Gasteiger partial charge is 0.468 e. The zero-order chi connectivity index (χ0) is 14.3. The number of hydrogen-bond acceptors (Lipinski definition) is 4. The Morgan fingerprint density at radius 1 is 1.26 bits per heavy atom. The van der Waals surface area contributed by atoms with Crippen LogP contribution in [0.25, 0.3) is 0 Å². The van der Waals surface area contributed by atoms with E-state index in [1.807, 2.05) is 18.2 Å². The third-order valence-corrected chi connectivity index (χ3v) is 2.98. The lowest BCUT2D eigenvalue weighted by atomic mass is 9.75. The Labute approximate surface area is 112 Å². The highest BCUT2D eigenvalue weighted by atomic mass is 16.5. The van der Waals surface area contributed by atoms with E-state index in [4.69, 9.17) is 15.9 Å². The van der Waals surface area contributed by atoms with Crippen LogP contribution in [-0.4, -0.2) is 26.2 Å². The van der Waals surface area contributed by atoms with Gasteiger partial charge in [-0.1, -0.05) is 30.4 Å². The third-order valence-electron chi connectivity index (χ3n) is 2.98. The molecule has 0 amide bonds. The Bertz CT molecular complexity index is 473.